The molecule has 7 heteroatoms. The van der Waals surface area contributed by atoms with E-state index in [1.54, 1.807) is 35.2 Å². The fourth-order valence-corrected chi connectivity index (χ4v) is 2.91. The number of methoxy groups -OCH3 is 1. The van der Waals surface area contributed by atoms with Gasteiger partial charge in [0.2, 0.25) is 6.41 Å². The van der Waals surface area contributed by atoms with Crippen LogP contribution in [0.1, 0.15) is 15.9 Å². The van der Waals surface area contributed by atoms with E-state index in [1.165, 1.54) is 0 Å². The average molecular weight is 354 g/mol. The summed E-state index contributed by atoms with van der Waals surface area (Å²) >= 11 is 0. The maximum absolute atomic E-state index is 12.7. The molecule has 1 aliphatic rings. The summed E-state index contributed by atoms with van der Waals surface area (Å²) in [6.07, 6.45) is 2.45. The van der Waals surface area contributed by atoms with E-state index in [-0.39, 0.29) is 5.91 Å². The zero-order valence-corrected chi connectivity index (χ0v) is 14.7. The number of amides is 2. The molecule has 0 atom stereocenters. The van der Waals surface area contributed by atoms with Gasteiger partial charge in [0.25, 0.3) is 5.91 Å². The third-order valence-electron chi connectivity index (χ3n) is 4.41. The topological polar surface area (TPSA) is 74.8 Å². The maximum atomic E-state index is 12.7. The van der Waals surface area contributed by atoms with Gasteiger partial charge in [-0.05, 0) is 18.2 Å². The molecule has 1 fully saturated rings. The third kappa shape index (κ3) is 4.11. The van der Waals surface area contributed by atoms with E-state index in [4.69, 9.17) is 4.74 Å². The lowest BCUT2D eigenvalue weighted by atomic mass is 10.2. The van der Waals surface area contributed by atoms with Crippen molar-refractivity contribution >= 4 is 18.1 Å². The smallest absolute Gasteiger partial charge is 0.254 e. The number of ether oxygens (including phenoxy) is 1. The van der Waals surface area contributed by atoms with Gasteiger partial charge in [-0.3, -0.25) is 9.59 Å². The molecule has 1 aromatic heterocycles. The summed E-state index contributed by atoms with van der Waals surface area (Å²) in [5.41, 5.74) is 1.60. The molecule has 2 amide bonds. The van der Waals surface area contributed by atoms with Crippen molar-refractivity contribution in [2.45, 2.75) is 6.54 Å². The Kier molecular flexibility index (Phi) is 5.68. The molecule has 1 saturated heterocycles. The van der Waals surface area contributed by atoms with Gasteiger partial charge in [-0.15, -0.1) is 0 Å². The highest BCUT2D eigenvalue weighted by Crippen LogP contribution is 2.19. The molecule has 0 unspecified atom stereocenters. The van der Waals surface area contributed by atoms with E-state index in [0.717, 1.165) is 17.7 Å². The number of piperazine rings is 1. The summed E-state index contributed by atoms with van der Waals surface area (Å²) in [5.74, 6) is 1.40. The number of hydrogen-bond donors (Lipinski definition) is 1. The summed E-state index contributed by atoms with van der Waals surface area (Å²) in [6, 6.07) is 11.2. The van der Waals surface area contributed by atoms with Crippen molar-refractivity contribution in [3.8, 4) is 5.75 Å². The van der Waals surface area contributed by atoms with Gasteiger partial charge in [-0.25, -0.2) is 4.98 Å². The molecule has 1 N–H and O–H groups in total. The van der Waals surface area contributed by atoms with Gasteiger partial charge in [0.05, 0.1) is 7.11 Å². The zero-order chi connectivity index (χ0) is 18.4. The number of anilines is 1. The Morgan fingerprint density at radius 1 is 1.23 bits per heavy atom. The van der Waals surface area contributed by atoms with Gasteiger partial charge in [0.15, 0.2) is 0 Å². The molecule has 26 heavy (non-hydrogen) atoms. The molecule has 2 heterocycles. The summed E-state index contributed by atoms with van der Waals surface area (Å²) in [5, 5.41) is 3.23. The highest BCUT2D eigenvalue weighted by Gasteiger charge is 2.21. The molecule has 0 spiro atoms. The van der Waals surface area contributed by atoms with Crippen LogP contribution in [0, 0.1) is 0 Å². The first kappa shape index (κ1) is 17.7. The van der Waals surface area contributed by atoms with Crippen molar-refractivity contribution in [1.29, 1.82) is 0 Å². The molecule has 2 aromatic rings. The SMILES string of the molecule is COc1ccccc1CNc1cc(C(=O)N2CCN(C=O)CC2)ccn1. The van der Waals surface area contributed by atoms with Gasteiger partial charge in [-0.2, -0.15) is 0 Å². The van der Waals surface area contributed by atoms with Gasteiger partial charge in [0.1, 0.15) is 11.6 Å². The number of nitrogens with zero attached hydrogens (tertiary/aromatic N) is 3. The second-order valence-electron chi connectivity index (χ2n) is 6.03. The van der Waals surface area contributed by atoms with Gasteiger partial charge < -0.3 is 19.9 Å². The van der Waals surface area contributed by atoms with Crippen molar-refractivity contribution in [3.63, 3.8) is 0 Å². The number of hydrogen-bond acceptors (Lipinski definition) is 5. The van der Waals surface area contributed by atoms with Gasteiger partial charge in [0, 0.05) is 50.0 Å². The Balaban J connectivity index is 1.64. The Morgan fingerprint density at radius 2 is 2.00 bits per heavy atom. The van der Waals surface area contributed by atoms with Crippen LogP contribution >= 0.6 is 0 Å². The molecular formula is C19H22N4O3. The third-order valence-corrected chi connectivity index (χ3v) is 4.41. The maximum Gasteiger partial charge on any atom is 0.254 e. The first-order chi connectivity index (χ1) is 12.7. The quantitative estimate of drug-likeness (QED) is 0.798. The van der Waals surface area contributed by atoms with Crippen LogP contribution in [0.5, 0.6) is 5.75 Å². The van der Waals surface area contributed by atoms with E-state index in [2.05, 4.69) is 10.3 Å². The number of aromatic nitrogens is 1. The monoisotopic (exact) mass is 354 g/mol. The molecule has 1 aliphatic heterocycles. The molecule has 0 radical (unpaired) electrons. The van der Waals surface area contributed by atoms with Gasteiger partial charge in [-0.1, -0.05) is 18.2 Å². The van der Waals surface area contributed by atoms with Crippen LogP contribution in [0.3, 0.4) is 0 Å². The highest BCUT2D eigenvalue weighted by molar-refractivity contribution is 5.95. The lowest BCUT2D eigenvalue weighted by molar-refractivity contribution is -0.119. The number of carbonyl (C=O) groups is 2. The Labute approximate surface area is 152 Å². The standard InChI is InChI=1S/C19H22N4O3/c1-26-17-5-3-2-4-16(17)13-21-18-12-15(6-7-20-18)19(25)23-10-8-22(14-24)9-11-23/h2-7,12,14H,8-11,13H2,1H3,(H,20,21). The van der Waals surface area contributed by atoms with E-state index in [0.29, 0.717) is 44.1 Å². The first-order valence-electron chi connectivity index (χ1n) is 8.51. The Morgan fingerprint density at radius 3 is 2.73 bits per heavy atom. The highest BCUT2D eigenvalue weighted by atomic mass is 16.5. The average Bonchev–Trinajstić information content (AvgIpc) is 2.72. The molecule has 1 aromatic carbocycles. The van der Waals surface area contributed by atoms with Crippen molar-refractivity contribution in [2.24, 2.45) is 0 Å². The number of benzene rings is 1. The predicted molar refractivity (Wildman–Crippen MR) is 98.1 cm³/mol. The number of rotatable bonds is 6. The molecule has 136 valence electrons. The number of para-hydroxylation sites is 1. The van der Waals surface area contributed by atoms with E-state index in [1.807, 2.05) is 24.3 Å². The molecular weight excluding hydrogens is 332 g/mol. The fraction of sp³-hybridized carbons (Fsp3) is 0.316. The van der Waals surface area contributed by atoms with E-state index >= 15 is 0 Å². The number of pyridine rings is 1. The fourth-order valence-electron chi connectivity index (χ4n) is 2.91. The van der Waals surface area contributed by atoms with Crippen LogP contribution in [-0.4, -0.2) is 60.4 Å². The van der Waals surface area contributed by atoms with Crippen LogP contribution in [0.25, 0.3) is 0 Å². The minimum absolute atomic E-state index is 0.0432. The second kappa shape index (κ2) is 8.33. The Hall–Kier alpha value is -3.09. The van der Waals surface area contributed by atoms with Crippen LogP contribution in [-0.2, 0) is 11.3 Å². The van der Waals surface area contributed by atoms with Gasteiger partial charge >= 0.3 is 0 Å². The minimum atomic E-state index is -0.0432. The Bertz CT molecular complexity index is 773. The summed E-state index contributed by atoms with van der Waals surface area (Å²) in [4.78, 5) is 31.2. The summed E-state index contributed by atoms with van der Waals surface area (Å²) in [7, 11) is 1.64. The summed E-state index contributed by atoms with van der Waals surface area (Å²) in [6.45, 7) is 2.78. The predicted octanol–water partition coefficient (Wildman–Crippen LogP) is 1.62. The van der Waals surface area contributed by atoms with Crippen LogP contribution < -0.4 is 10.1 Å². The van der Waals surface area contributed by atoms with E-state index in [9.17, 15) is 9.59 Å². The number of nitrogens with one attached hydrogen (secondary N) is 1. The molecule has 0 bridgehead atoms. The second-order valence-corrected chi connectivity index (χ2v) is 6.03. The lowest BCUT2D eigenvalue weighted by Gasteiger charge is -2.32. The minimum Gasteiger partial charge on any atom is -0.496 e. The van der Waals surface area contributed by atoms with Crippen molar-refractivity contribution in [3.05, 3.63) is 53.7 Å². The number of carbonyl (C=O) groups excluding carboxylic acids is 2. The first-order valence-corrected chi connectivity index (χ1v) is 8.51. The van der Waals surface area contributed by atoms with Crippen molar-refractivity contribution in [2.75, 3.05) is 38.6 Å². The summed E-state index contributed by atoms with van der Waals surface area (Å²) < 4.78 is 5.34. The van der Waals surface area contributed by atoms with Crippen LogP contribution in [0.4, 0.5) is 5.82 Å². The normalized spacial score (nSPS) is 14.0. The molecule has 7 nitrogen and oxygen atoms in total. The van der Waals surface area contributed by atoms with Crippen LogP contribution in [0.2, 0.25) is 0 Å². The lowest BCUT2D eigenvalue weighted by Crippen LogP contribution is -2.48. The van der Waals surface area contributed by atoms with Crippen molar-refractivity contribution < 1.29 is 14.3 Å². The zero-order valence-electron chi connectivity index (χ0n) is 14.7. The molecule has 0 saturated carbocycles. The molecule has 3 rings (SSSR count). The largest absolute Gasteiger partial charge is 0.496 e. The van der Waals surface area contributed by atoms with Crippen molar-refractivity contribution in [1.82, 2.24) is 14.8 Å². The van der Waals surface area contributed by atoms with Crippen LogP contribution in [0.15, 0.2) is 42.6 Å². The van der Waals surface area contributed by atoms with E-state index < -0.39 is 0 Å². The molecule has 0 aliphatic carbocycles.